The predicted molar refractivity (Wildman–Crippen MR) is 73.6 cm³/mol. The van der Waals surface area contributed by atoms with Gasteiger partial charge in [0, 0.05) is 24.2 Å². The molecule has 1 aromatic rings. The summed E-state index contributed by atoms with van der Waals surface area (Å²) in [5, 5.41) is 2.85. The van der Waals surface area contributed by atoms with Crippen LogP contribution in [0.4, 0.5) is 8.78 Å². The van der Waals surface area contributed by atoms with Gasteiger partial charge in [-0.25, -0.2) is 8.78 Å². The first-order valence-electron chi connectivity index (χ1n) is 6.74. The zero-order valence-electron chi connectivity index (χ0n) is 12.2. The maximum Gasteiger partial charge on any atom is 0.254 e. The molecule has 1 aliphatic heterocycles. The number of likely N-dealkylation sites (tertiary alicyclic amines) is 1. The fourth-order valence-electron chi connectivity index (χ4n) is 2.09. The fraction of sp³-hybridized carbons (Fsp3) is 0.467. The summed E-state index contributed by atoms with van der Waals surface area (Å²) in [6, 6.07) is 3.04. The molecule has 1 aliphatic rings. The van der Waals surface area contributed by atoms with E-state index in [0.29, 0.717) is 13.1 Å². The number of nitrogens with one attached hydrogen (secondary N) is 1. The molecule has 2 rings (SSSR count). The first-order valence-corrected chi connectivity index (χ1v) is 6.74. The topological polar surface area (TPSA) is 49.4 Å². The number of amides is 2. The molecular weight excluding hydrogens is 278 g/mol. The van der Waals surface area contributed by atoms with Crippen molar-refractivity contribution in [3.05, 3.63) is 35.4 Å². The number of carbonyl (C=O) groups is 2. The van der Waals surface area contributed by atoms with E-state index in [2.05, 4.69) is 5.32 Å². The minimum Gasteiger partial charge on any atom is -0.351 e. The molecule has 0 aliphatic carbocycles. The number of rotatable bonds is 2. The van der Waals surface area contributed by atoms with E-state index in [4.69, 9.17) is 0 Å². The highest BCUT2D eigenvalue weighted by atomic mass is 19.2. The van der Waals surface area contributed by atoms with Crippen molar-refractivity contribution >= 4 is 11.8 Å². The van der Waals surface area contributed by atoms with Crippen LogP contribution in [-0.4, -0.2) is 35.3 Å². The van der Waals surface area contributed by atoms with Crippen molar-refractivity contribution in [2.24, 2.45) is 5.92 Å². The number of hydrogen-bond donors (Lipinski definition) is 1. The van der Waals surface area contributed by atoms with Crippen LogP contribution in [0.2, 0.25) is 0 Å². The Bertz CT molecular complexity index is 576. The van der Waals surface area contributed by atoms with Crippen LogP contribution in [0.15, 0.2) is 18.2 Å². The molecule has 0 saturated carbocycles. The van der Waals surface area contributed by atoms with E-state index in [1.165, 1.54) is 11.0 Å². The van der Waals surface area contributed by atoms with Crippen LogP contribution < -0.4 is 5.32 Å². The zero-order valence-corrected chi connectivity index (χ0v) is 12.2. The molecule has 1 fully saturated rings. The van der Waals surface area contributed by atoms with Crippen molar-refractivity contribution in [1.82, 2.24) is 10.2 Å². The quantitative estimate of drug-likeness (QED) is 0.907. The van der Waals surface area contributed by atoms with Crippen LogP contribution in [0.1, 0.15) is 31.1 Å². The summed E-state index contributed by atoms with van der Waals surface area (Å²) in [6.07, 6.45) is 0. The van der Waals surface area contributed by atoms with Gasteiger partial charge in [0.15, 0.2) is 11.6 Å². The lowest BCUT2D eigenvalue weighted by atomic mass is 9.96. The Morgan fingerprint density at radius 2 is 1.81 bits per heavy atom. The van der Waals surface area contributed by atoms with E-state index < -0.39 is 17.5 Å². The minimum absolute atomic E-state index is 0.0866. The molecule has 0 aromatic heterocycles. The summed E-state index contributed by atoms with van der Waals surface area (Å²) < 4.78 is 25.9. The van der Waals surface area contributed by atoms with Gasteiger partial charge in [0.2, 0.25) is 5.91 Å². The second-order valence-corrected chi connectivity index (χ2v) is 6.28. The minimum atomic E-state index is -1.05. The number of nitrogens with zero attached hydrogens (tertiary/aromatic N) is 1. The molecular formula is C15H18F2N2O2. The molecule has 2 amide bonds. The highest BCUT2D eigenvalue weighted by molar-refractivity contribution is 5.96. The first-order chi connectivity index (χ1) is 9.67. The van der Waals surface area contributed by atoms with Crippen LogP contribution in [0.5, 0.6) is 0 Å². The van der Waals surface area contributed by atoms with Crippen LogP contribution in [0.3, 0.4) is 0 Å². The van der Waals surface area contributed by atoms with Crippen molar-refractivity contribution in [3.8, 4) is 0 Å². The van der Waals surface area contributed by atoms with E-state index in [-0.39, 0.29) is 22.9 Å². The molecule has 6 heteroatoms. The highest BCUT2D eigenvalue weighted by Crippen LogP contribution is 2.20. The SMILES string of the molecule is CC(C)(C)NC(=O)C1CN(C(=O)c2ccc(F)c(F)c2)C1. The van der Waals surface area contributed by atoms with Gasteiger partial charge < -0.3 is 10.2 Å². The van der Waals surface area contributed by atoms with Crippen molar-refractivity contribution in [3.63, 3.8) is 0 Å². The van der Waals surface area contributed by atoms with E-state index in [0.717, 1.165) is 12.1 Å². The van der Waals surface area contributed by atoms with Crippen molar-refractivity contribution in [2.75, 3.05) is 13.1 Å². The molecule has 1 saturated heterocycles. The van der Waals surface area contributed by atoms with Gasteiger partial charge in [-0.15, -0.1) is 0 Å². The largest absolute Gasteiger partial charge is 0.351 e. The normalized spacial score (nSPS) is 15.6. The summed E-state index contributed by atoms with van der Waals surface area (Å²) in [4.78, 5) is 25.4. The molecule has 1 aromatic carbocycles. The van der Waals surface area contributed by atoms with Gasteiger partial charge in [0.25, 0.3) is 5.91 Å². The average molecular weight is 296 g/mol. The number of carbonyl (C=O) groups excluding carboxylic acids is 2. The van der Waals surface area contributed by atoms with Crippen LogP contribution in [0, 0.1) is 17.6 Å². The van der Waals surface area contributed by atoms with Crippen LogP contribution in [0.25, 0.3) is 0 Å². The summed E-state index contributed by atoms with van der Waals surface area (Å²) in [7, 11) is 0. The summed E-state index contributed by atoms with van der Waals surface area (Å²) in [5.74, 6) is -2.79. The molecule has 114 valence electrons. The van der Waals surface area contributed by atoms with Crippen LogP contribution >= 0.6 is 0 Å². The van der Waals surface area contributed by atoms with E-state index in [1.807, 2.05) is 20.8 Å². The smallest absolute Gasteiger partial charge is 0.254 e. The van der Waals surface area contributed by atoms with Crippen molar-refractivity contribution in [2.45, 2.75) is 26.3 Å². The molecule has 1 heterocycles. The maximum atomic E-state index is 13.1. The van der Waals surface area contributed by atoms with Gasteiger partial charge in [-0.3, -0.25) is 9.59 Å². The van der Waals surface area contributed by atoms with E-state index in [9.17, 15) is 18.4 Å². The van der Waals surface area contributed by atoms with Gasteiger partial charge >= 0.3 is 0 Å². The third-order valence-electron chi connectivity index (χ3n) is 3.20. The lowest BCUT2D eigenvalue weighted by Crippen LogP contribution is -2.58. The zero-order chi connectivity index (χ0) is 15.8. The van der Waals surface area contributed by atoms with Crippen LogP contribution in [-0.2, 0) is 4.79 Å². The van der Waals surface area contributed by atoms with Gasteiger partial charge in [0.1, 0.15) is 0 Å². The Morgan fingerprint density at radius 3 is 2.33 bits per heavy atom. The number of hydrogen-bond acceptors (Lipinski definition) is 2. The molecule has 0 bridgehead atoms. The standard InChI is InChI=1S/C15H18F2N2O2/c1-15(2,3)18-13(20)10-7-19(8-10)14(21)9-4-5-11(16)12(17)6-9/h4-6,10H,7-8H2,1-3H3,(H,18,20). The number of benzene rings is 1. The maximum absolute atomic E-state index is 13.1. The second-order valence-electron chi connectivity index (χ2n) is 6.28. The molecule has 4 nitrogen and oxygen atoms in total. The Hall–Kier alpha value is -1.98. The lowest BCUT2D eigenvalue weighted by Gasteiger charge is -2.39. The molecule has 0 unspecified atom stereocenters. The molecule has 0 radical (unpaired) electrons. The molecule has 0 spiro atoms. The van der Waals surface area contributed by atoms with Gasteiger partial charge in [-0.05, 0) is 39.0 Å². The van der Waals surface area contributed by atoms with Gasteiger partial charge in [-0.2, -0.15) is 0 Å². The number of halogens is 2. The van der Waals surface area contributed by atoms with Gasteiger partial charge in [0.05, 0.1) is 5.92 Å². The third kappa shape index (κ3) is 3.56. The molecule has 1 N–H and O–H groups in total. The lowest BCUT2D eigenvalue weighted by molar-refractivity contribution is -0.130. The predicted octanol–water partition coefficient (Wildman–Crippen LogP) is 1.95. The molecule has 21 heavy (non-hydrogen) atoms. The Kier molecular flexibility index (Phi) is 3.98. The average Bonchev–Trinajstić information content (AvgIpc) is 2.28. The summed E-state index contributed by atoms with van der Waals surface area (Å²) >= 11 is 0. The monoisotopic (exact) mass is 296 g/mol. The molecule has 0 atom stereocenters. The fourth-order valence-corrected chi connectivity index (χ4v) is 2.09. The van der Waals surface area contributed by atoms with Crippen molar-refractivity contribution < 1.29 is 18.4 Å². The van der Waals surface area contributed by atoms with Gasteiger partial charge in [-0.1, -0.05) is 0 Å². The first kappa shape index (κ1) is 15.4. The van der Waals surface area contributed by atoms with E-state index >= 15 is 0 Å². The van der Waals surface area contributed by atoms with E-state index in [1.54, 1.807) is 0 Å². The Labute approximate surface area is 122 Å². The summed E-state index contributed by atoms with van der Waals surface area (Å²) in [6.45, 7) is 6.23. The third-order valence-corrected chi connectivity index (χ3v) is 3.20. The Morgan fingerprint density at radius 1 is 1.19 bits per heavy atom. The Balaban J connectivity index is 1.93. The second kappa shape index (κ2) is 5.42. The highest BCUT2D eigenvalue weighted by Gasteiger charge is 2.37. The summed E-state index contributed by atoms with van der Waals surface area (Å²) in [5.41, 5.74) is -0.231. The van der Waals surface area contributed by atoms with Crippen molar-refractivity contribution in [1.29, 1.82) is 0 Å².